The third-order valence-electron chi connectivity index (χ3n) is 5.54. The standard InChI is InChI=1S/C23H19ClN2O2S/c24-15-11-9-14(10-12-15)13-20-22(28)26-21(17-6-2-4-8-19(17)27)16-5-1-3-7-18(16)25-23(26)29-20/h2,4,6,8-13,21,27H,1,3,5,7H2/b20-13-. The average molecular weight is 423 g/mol. The minimum Gasteiger partial charge on any atom is -0.508 e. The van der Waals surface area contributed by atoms with Gasteiger partial charge in [0.25, 0.3) is 5.56 Å². The Morgan fingerprint density at radius 1 is 1.10 bits per heavy atom. The molecule has 1 aliphatic heterocycles. The number of allylic oxidation sites excluding steroid dienone is 2. The zero-order valence-corrected chi connectivity index (χ0v) is 17.2. The fraction of sp³-hybridized carbons (Fsp3) is 0.217. The monoisotopic (exact) mass is 422 g/mol. The molecule has 1 unspecified atom stereocenters. The molecule has 6 heteroatoms. The number of phenols is 1. The van der Waals surface area contributed by atoms with Crippen molar-refractivity contribution in [3.63, 3.8) is 0 Å². The second kappa shape index (κ2) is 7.32. The lowest BCUT2D eigenvalue weighted by atomic mass is 9.86. The molecule has 0 spiro atoms. The van der Waals surface area contributed by atoms with Gasteiger partial charge in [-0.15, -0.1) is 0 Å². The topological polar surface area (TPSA) is 54.6 Å². The maximum atomic E-state index is 13.4. The lowest BCUT2D eigenvalue weighted by Crippen LogP contribution is -2.38. The van der Waals surface area contributed by atoms with Crippen molar-refractivity contribution < 1.29 is 5.11 Å². The number of hydrogen-bond donors (Lipinski definition) is 1. The van der Waals surface area contributed by atoms with E-state index >= 15 is 0 Å². The zero-order chi connectivity index (χ0) is 20.0. The van der Waals surface area contributed by atoms with Crippen molar-refractivity contribution >= 4 is 29.0 Å². The van der Waals surface area contributed by atoms with Crippen LogP contribution >= 0.6 is 22.9 Å². The van der Waals surface area contributed by atoms with Crippen molar-refractivity contribution in [2.45, 2.75) is 31.7 Å². The van der Waals surface area contributed by atoms with E-state index in [1.807, 2.05) is 42.5 Å². The van der Waals surface area contributed by atoms with E-state index in [1.54, 1.807) is 16.7 Å². The summed E-state index contributed by atoms with van der Waals surface area (Å²) in [5.41, 5.74) is 3.83. The van der Waals surface area contributed by atoms with Crippen molar-refractivity contribution in [2.24, 2.45) is 4.99 Å². The number of aromatic nitrogens is 1. The Bertz CT molecular complexity index is 1300. The van der Waals surface area contributed by atoms with E-state index in [2.05, 4.69) is 0 Å². The zero-order valence-electron chi connectivity index (χ0n) is 15.6. The normalized spacial score (nSPS) is 18.9. The van der Waals surface area contributed by atoms with E-state index in [1.165, 1.54) is 11.3 Å². The molecule has 1 N–H and O–H groups in total. The molecule has 0 saturated heterocycles. The smallest absolute Gasteiger partial charge is 0.271 e. The van der Waals surface area contributed by atoms with Crippen LogP contribution in [0.15, 0.2) is 69.6 Å². The first kappa shape index (κ1) is 18.4. The van der Waals surface area contributed by atoms with Gasteiger partial charge in [-0.05, 0) is 61.1 Å². The molecule has 1 atom stereocenters. The fourth-order valence-corrected chi connectivity index (χ4v) is 5.30. The highest BCUT2D eigenvalue weighted by atomic mass is 35.5. The van der Waals surface area contributed by atoms with Gasteiger partial charge >= 0.3 is 0 Å². The highest BCUT2D eigenvalue weighted by Crippen LogP contribution is 2.40. The largest absolute Gasteiger partial charge is 0.508 e. The number of thiazole rings is 1. The van der Waals surface area contributed by atoms with Gasteiger partial charge in [0.2, 0.25) is 0 Å². The van der Waals surface area contributed by atoms with Gasteiger partial charge in [-0.3, -0.25) is 9.36 Å². The number of halogens is 1. The highest BCUT2D eigenvalue weighted by molar-refractivity contribution is 7.07. The molecule has 0 fully saturated rings. The maximum absolute atomic E-state index is 13.4. The van der Waals surface area contributed by atoms with Gasteiger partial charge in [-0.25, -0.2) is 4.99 Å². The lowest BCUT2D eigenvalue weighted by molar-refractivity contribution is 0.448. The quantitative estimate of drug-likeness (QED) is 0.674. The van der Waals surface area contributed by atoms with Crippen LogP contribution in [-0.4, -0.2) is 9.67 Å². The summed E-state index contributed by atoms with van der Waals surface area (Å²) in [6, 6.07) is 14.4. The van der Waals surface area contributed by atoms with Crippen molar-refractivity contribution in [1.29, 1.82) is 0 Å². The van der Waals surface area contributed by atoms with Crippen LogP contribution in [0.4, 0.5) is 0 Å². The predicted octanol–water partition coefficient (Wildman–Crippen LogP) is 4.15. The molecule has 2 heterocycles. The summed E-state index contributed by atoms with van der Waals surface area (Å²) in [4.78, 5) is 19.0. The van der Waals surface area contributed by atoms with E-state index < -0.39 is 0 Å². The predicted molar refractivity (Wildman–Crippen MR) is 116 cm³/mol. The Morgan fingerprint density at radius 2 is 1.86 bits per heavy atom. The summed E-state index contributed by atoms with van der Waals surface area (Å²) in [5, 5.41) is 11.2. The van der Waals surface area contributed by atoms with Crippen LogP contribution in [0, 0.1) is 0 Å². The number of rotatable bonds is 2. The van der Waals surface area contributed by atoms with Gasteiger partial charge in [0.05, 0.1) is 10.6 Å². The molecule has 1 aromatic heterocycles. The van der Waals surface area contributed by atoms with E-state index in [4.69, 9.17) is 16.6 Å². The molecule has 2 aliphatic rings. The van der Waals surface area contributed by atoms with Crippen molar-refractivity contribution in [3.8, 4) is 5.75 Å². The van der Waals surface area contributed by atoms with E-state index in [0.717, 1.165) is 48.1 Å². The molecule has 0 radical (unpaired) electrons. The van der Waals surface area contributed by atoms with Crippen LogP contribution in [-0.2, 0) is 0 Å². The molecule has 0 saturated carbocycles. The van der Waals surface area contributed by atoms with Crippen LogP contribution in [0.3, 0.4) is 0 Å². The Morgan fingerprint density at radius 3 is 2.66 bits per heavy atom. The molecule has 5 rings (SSSR count). The second-order valence-corrected chi connectivity index (χ2v) is 8.82. The molecule has 4 nitrogen and oxygen atoms in total. The number of aromatic hydroxyl groups is 1. The molecular formula is C23H19ClN2O2S. The van der Waals surface area contributed by atoms with Gasteiger partial charge < -0.3 is 5.11 Å². The van der Waals surface area contributed by atoms with Crippen molar-refractivity contribution in [1.82, 2.24) is 4.57 Å². The second-order valence-electron chi connectivity index (χ2n) is 7.37. The van der Waals surface area contributed by atoms with Gasteiger partial charge in [-0.2, -0.15) is 0 Å². The Hall–Kier alpha value is -2.63. The van der Waals surface area contributed by atoms with Crippen LogP contribution in [0.1, 0.15) is 42.9 Å². The first-order valence-corrected chi connectivity index (χ1v) is 10.9. The highest BCUT2D eigenvalue weighted by Gasteiger charge is 2.31. The van der Waals surface area contributed by atoms with E-state index in [0.29, 0.717) is 14.4 Å². The first-order chi connectivity index (χ1) is 14.1. The lowest BCUT2D eigenvalue weighted by Gasteiger charge is -2.29. The fourth-order valence-electron chi connectivity index (χ4n) is 4.15. The summed E-state index contributed by atoms with van der Waals surface area (Å²) in [6.07, 6.45) is 5.88. The SMILES string of the molecule is O=c1/c(=C/c2ccc(Cl)cc2)sc2n1C(c1ccccc1O)C1=C(CCCC1)N=2. The van der Waals surface area contributed by atoms with Gasteiger partial charge in [0.15, 0.2) is 4.80 Å². The van der Waals surface area contributed by atoms with Crippen LogP contribution in [0.2, 0.25) is 5.02 Å². The van der Waals surface area contributed by atoms with Crippen LogP contribution < -0.4 is 14.9 Å². The average Bonchev–Trinajstić information content (AvgIpc) is 3.03. The Kier molecular flexibility index (Phi) is 4.64. The third kappa shape index (κ3) is 3.24. The van der Waals surface area contributed by atoms with Gasteiger partial charge in [0, 0.05) is 16.3 Å². The minimum absolute atomic E-state index is 0.0749. The summed E-state index contributed by atoms with van der Waals surface area (Å²) in [7, 11) is 0. The Labute approximate surface area is 176 Å². The molecule has 0 bridgehead atoms. The van der Waals surface area contributed by atoms with Gasteiger partial charge in [0.1, 0.15) is 5.75 Å². The van der Waals surface area contributed by atoms with Crippen LogP contribution in [0.25, 0.3) is 6.08 Å². The van der Waals surface area contributed by atoms with Crippen molar-refractivity contribution in [3.05, 3.63) is 95.6 Å². The van der Waals surface area contributed by atoms with Crippen molar-refractivity contribution in [2.75, 3.05) is 0 Å². The van der Waals surface area contributed by atoms with Gasteiger partial charge in [-0.1, -0.05) is 53.3 Å². The number of benzene rings is 2. The Balaban J connectivity index is 1.75. The number of phenolic OH excluding ortho intramolecular Hbond substituents is 1. The summed E-state index contributed by atoms with van der Waals surface area (Å²) < 4.78 is 2.39. The van der Waals surface area contributed by atoms with Crippen LogP contribution in [0.5, 0.6) is 5.75 Å². The molecule has 146 valence electrons. The van der Waals surface area contributed by atoms with E-state index in [9.17, 15) is 9.90 Å². The third-order valence-corrected chi connectivity index (χ3v) is 6.77. The number of hydrogen-bond acceptors (Lipinski definition) is 4. The molecular weight excluding hydrogens is 404 g/mol. The van der Waals surface area contributed by atoms with E-state index in [-0.39, 0.29) is 17.4 Å². The molecule has 0 amide bonds. The number of fused-ring (bicyclic) bond motifs is 1. The minimum atomic E-state index is -0.296. The summed E-state index contributed by atoms with van der Waals surface area (Å²) in [5.74, 6) is 0.212. The summed E-state index contributed by atoms with van der Waals surface area (Å²) in [6.45, 7) is 0. The molecule has 3 aromatic rings. The maximum Gasteiger partial charge on any atom is 0.271 e. The first-order valence-electron chi connectivity index (χ1n) is 9.69. The molecule has 1 aliphatic carbocycles. The number of nitrogens with zero attached hydrogens (tertiary/aromatic N) is 2. The number of para-hydroxylation sites is 1. The molecule has 2 aromatic carbocycles. The molecule has 29 heavy (non-hydrogen) atoms. The summed E-state index contributed by atoms with van der Waals surface area (Å²) >= 11 is 7.38.